The van der Waals surface area contributed by atoms with Crippen LogP contribution in [0.5, 0.6) is 0 Å². The zero-order valence-corrected chi connectivity index (χ0v) is 21.5. The van der Waals surface area contributed by atoms with Gasteiger partial charge in [-0.1, -0.05) is 89.7 Å². The standard InChI is InChI=1S/C27H49NO6/c1-2-3-4-5-6-7-8-9-10-11-12-13-14-15-16-17-18-19-20-21-28(22-25(29)30,23-26(31)32)24-27(33)34/h14-15H,2-13,16-24H2,1H3,(H2-,29,30,31,32,33,34)/b15-14+. The van der Waals surface area contributed by atoms with Gasteiger partial charge in [-0.2, -0.15) is 0 Å². The first-order valence-electron chi connectivity index (χ1n) is 13.4. The van der Waals surface area contributed by atoms with E-state index in [0.29, 0.717) is 6.42 Å². The molecule has 2 N–H and O–H groups in total. The third-order valence-electron chi connectivity index (χ3n) is 6.30. The van der Waals surface area contributed by atoms with Gasteiger partial charge in [0.25, 0.3) is 0 Å². The van der Waals surface area contributed by atoms with Gasteiger partial charge in [-0.25, -0.2) is 9.59 Å². The number of aliphatic carboxylic acids is 3. The molecule has 0 spiro atoms. The monoisotopic (exact) mass is 483 g/mol. The molecule has 0 aliphatic rings. The summed E-state index contributed by atoms with van der Waals surface area (Å²) in [6, 6.07) is 0. The summed E-state index contributed by atoms with van der Waals surface area (Å²) in [4.78, 5) is 33.4. The van der Waals surface area contributed by atoms with E-state index in [1.54, 1.807) is 0 Å². The minimum atomic E-state index is -1.43. The second-order valence-corrected chi connectivity index (χ2v) is 9.70. The highest BCUT2D eigenvalue weighted by Crippen LogP contribution is 2.14. The summed E-state index contributed by atoms with van der Waals surface area (Å²) in [5.74, 6) is -3.83. The van der Waals surface area contributed by atoms with Crippen LogP contribution in [0.25, 0.3) is 0 Å². The van der Waals surface area contributed by atoms with Gasteiger partial charge in [0, 0.05) is 0 Å². The molecule has 0 aromatic rings. The molecule has 0 aromatic carbocycles. The van der Waals surface area contributed by atoms with E-state index in [4.69, 9.17) is 10.2 Å². The minimum absolute atomic E-state index is 0.210. The number of carboxylic acid groups (broad SMARTS) is 3. The van der Waals surface area contributed by atoms with Crippen molar-refractivity contribution >= 4 is 17.9 Å². The third-order valence-corrected chi connectivity index (χ3v) is 6.30. The van der Waals surface area contributed by atoms with Crippen molar-refractivity contribution in [1.82, 2.24) is 0 Å². The molecule has 0 amide bonds. The van der Waals surface area contributed by atoms with E-state index >= 15 is 0 Å². The van der Waals surface area contributed by atoms with Crippen LogP contribution in [-0.4, -0.2) is 58.8 Å². The Balaban J connectivity index is 3.80. The van der Waals surface area contributed by atoms with Gasteiger partial charge in [0.15, 0.2) is 13.1 Å². The number of rotatable bonds is 25. The number of nitrogens with zero attached hydrogens (tertiary/aromatic N) is 1. The summed E-state index contributed by atoms with van der Waals surface area (Å²) in [5.41, 5.74) is 0. The Hall–Kier alpha value is -1.89. The van der Waals surface area contributed by atoms with Crippen molar-refractivity contribution in [1.29, 1.82) is 0 Å². The van der Waals surface area contributed by atoms with E-state index in [9.17, 15) is 19.5 Å². The van der Waals surface area contributed by atoms with E-state index in [1.165, 1.54) is 70.6 Å². The number of hydrogen-bond donors (Lipinski definition) is 2. The van der Waals surface area contributed by atoms with Crippen LogP contribution < -0.4 is 5.11 Å². The van der Waals surface area contributed by atoms with Crippen LogP contribution in [0.4, 0.5) is 0 Å². The van der Waals surface area contributed by atoms with Crippen molar-refractivity contribution in [3.05, 3.63) is 12.2 Å². The lowest BCUT2D eigenvalue weighted by atomic mass is 10.1. The number of carbonyl (C=O) groups excluding carboxylic acids is 1. The zero-order valence-electron chi connectivity index (χ0n) is 21.5. The highest BCUT2D eigenvalue weighted by molar-refractivity contribution is 5.72. The molecule has 0 radical (unpaired) electrons. The number of unbranched alkanes of at least 4 members (excludes halogenated alkanes) is 15. The second kappa shape index (κ2) is 21.6. The summed E-state index contributed by atoms with van der Waals surface area (Å²) in [6.45, 7) is 0.817. The lowest BCUT2D eigenvalue weighted by molar-refractivity contribution is -0.909. The van der Waals surface area contributed by atoms with E-state index in [1.807, 2.05) is 0 Å². The average molecular weight is 484 g/mol. The lowest BCUT2D eigenvalue weighted by Gasteiger charge is -2.36. The molecule has 0 aliphatic heterocycles. The molecular weight excluding hydrogens is 434 g/mol. The first-order chi connectivity index (χ1) is 16.3. The summed E-state index contributed by atoms with van der Waals surface area (Å²) >= 11 is 0. The summed E-state index contributed by atoms with van der Waals surface area (Å²) in [7, 11) is 0. The van der Waals surface area contributed by atoms with Gasteiger partial charge in [0.05, 0.1) is 12.5 Å². The Bertz CT molecular complexity index is 535. The SMILES string of the molecule is CCCCCCCCCCCCC/C=C/CCCCCC[N+](CC(=O)[O-])(CC(=O)O)CC(=O)O. The fourth-order valence-electron chi connectivity index (χ4n) is 4.48. The fraction of sp³-hybridized carbons (Fsp3) is 0.815. The predicted molar refractivity (Wildman–Crippen MR) is 133 cm³/mol. The van der Waals surface area contributed by atoms with Crippen molar-refractivity contribution in [3.8, 4) is 0 Å². The predicted octanol–water partition coefficient (Wildman–Crippen LogP) is 4.93. The van der Waals surface area contributed by atoms with Crippen LogP contribution in [0.1, 0.15) is 116 Å². The Labute approximate surface area is 206 Å². The van der Waals surface area contributed by atoms with E-state index in [2.05, 4.69) is 19.1 Å². The Morgan fingerprint density at radius 1 is 0.618 bits per heavy atom. The fourth-order valence-corrected chi connectivity index (χ4v) is 4.48. The first-order valence-corrected chi connectivity index (χ1v) is 13.4. The number of allylic oxidation sites excluding steroid dienone is 2. The van der Waals surface area contributed by atoms with Gasteiger partial charge in [-0.15, -0.1) is 0 Å². The summed E-state index contributed by atoms with van der Waals surface area (Å²) < 4.78 is -0.508. The Morgan fingerprint density at radius 3 is 1.38 bits per heavy atom. The van der Waals surface area contributed by atoms with Gasteiger partial charge in [-0.3, -0.25) is 0 Å². The van der Waals surface area contributed by atoms with E-state index in [-0.39, 0.29) is 6.54 Å². The molecule has 34 heavy (non-hydrogen) atoms. The largest absolute Gasteiger partial charge is 0.544 e. The molecule has 7 nitrogen and oxygen atoms in total. The highest BCUT2D eigenvalue weighted by atomic mass is 16.4. The van der Waals surface area contributed by atoms with Gasteiger partial charge in [0.1, 0.15) is 6.54 Å². The quantitative estimate of drug-likeness (QED) is 0.108. The van der Waals surface area contributed by atoms with Crippen LogP contribution in [0.15, 0.2) is 12.2 Å². The Morgan fingerprint density at radius 2 is 1.00 bits per heavy atom. The number of carbonyl (C=O) groups is 3. The normalized spacial score (nSPS) is 11.8. The molecular formula is C27H49NO6. The molecule has 0 heterocycles. The molecule has 7 heteroatoms. The molecule has 0 aromatic heterocycles. The van der Waals surface area contributed by atoms with Gasteiger partial charge >= 0.3 is 11.9 Å². The maximum Gasteiger partial charge on any atom is 0.359 e. The zero-order chi connectivity index (χ0) is 25.5. The van der Waals surface area contributed by atoms with Crippen LogP contribution in [-0.2, 0) is 14.4 Å². The number of quaternary nitrogens is 1. The van der Waals surface area contributed by atoms with Crippen molar-refractivity contribution in [2.75, 3.05) is 26.2 Å². The summed E-state index contributed by atoms with van der Waals surface area (Å²) in [5, 5.41) is 29.3. The molecule has 0 fully saturated rings. The van der Waals surface area contributed by atoms with Gasteiger partial charge < -0.3 is 24.6 Å². The van der Waals surface area contributed by atoms with E-state index < -0.39 is 42.0 Å². The maximum atomic E-state index is 11.1. The highest BCUT2D eigenvalue weighted by Gasteiger charge is 2.33. The number of carboxylic acids is 3. The van der Waals surface area contributed by atoms with Crippen LogP contribution >= 0.6 is 0 Å². The Kier molecular flexibility index (Phi) is 20.4. The summed E-state index contributed by atoms with van der Waals surface area (Å²) in [6.07, 6.45) is 24.9. The average Bonchev–Trinajstić information content (AvgIpc) is 2.73. The van der Waals surface area contributed by atoms with Crippen molar-refractivity contribution in [2.45, 2.75) is 116 Å². The van der Waals surface area contributed by atoms with Crippen LogP contribution in [0.2, 0.25) is 0 Å². The molecule has 198 valence electrons. The van der Waals surface area contributed by atoms with Gasteiger partial charge in [0.2, 0.25) is 0 Å². The minimum Gasteiger partial charge on any atom is -0.544 e. The molecule has 0 saturated carbocycles. The number of hydrogen-bond acceptors (Lipinski definition) is 4. The van der Waals surface area contributed by atoms with Crippen LogP contribution in [0, 0.1) is 0 Å². The van der Waals surface area contributed by atoms with E-state index in [0.717, 1.165) is 32.1 Å². The molecule has 0 atom stereocenters. The van der Waals surface area contributed by atoms with Crippen LogP contribution in [0.3, 0.4) is 0 Å². The molecule has 0 unspecified atom stereocenters. The molecule has 0 rings (SSSR count). The van der Waals surface area contributed by atoms with Crippen molar-refractivity contribution in [2.24, 2.45) is 0 Å². The maximum absolute atomic E-state index is 11.1. The molecule has 0 bridgehead atoms. The smallest absolute Gasteiger partial charge is 0.359 e. The van der Waals surface area contributed by atoms with Crippen molar-refractivity contribution < 1.29 is 34.2 Å². The third kappa shape index (κ3) is 20.7. The first kappa shape index (κ1) is 32.1. The topological polar surface area (TPSA) is 115 Å². The lowest BCUT2D eigenvalue weighted by Crippen LogP contribution is -2.59. The molecule has 0 aliphatic carbocycles. The second-order valence-electron chi connectivity index (χ2n) is 9.70. The van der Waals surface area contributed by atoms with Crippen molar-refractivity contribution in [3.63, 3.8) is 0 Å². The molecule has 0 saturated heterocycles. The van der Waals surface area contributed by atoms with Gasteiger partial charge in [-0.05, 0) is 38.5 Å².